The van der Waals surface area contributed by atoms with Crippen LogP contribution in [0, 0.1) is 0 Å². The van der Waals surface area contributed by atoms with Crippen molar-refractivity contribution in [1.29, 1.82) is 0 Å². The van der Waals surface area contributed by atoms with Crippen molar-refractivity contribution < 1.29 is 4.74 Å². The van der Waals surface area contributed by atoms with Gasteiger partial charge in [0.2, 0.25) is 0 Å². The van der Waals surface area contributed by atoms with Crippen LogP contribution in [-0.2, 0) is 13.1 Å². The average Bonchev–Trinajstić information content (AvgIpc) is 2.67. The van der Waals surface area contributed by atoms with Crippen LogP contribution in [0.4, 0.5) is 0 Å². The molecule has 0 aliphatic rings. The van der Waals surface area contributed by atoms with Gasteiger partial charge in [0.15, 0.2) is 5.96 Å². The molecule has 0 amide bonds. The van der Waals surface area contributed by atoms with E-state index in [4.69, 9.17) is 4.74 Å². The van der Waals surface area contributed by atoms with Gasteiger partial charge in [-0.3, -0.25) is 9.98 Å². The number of benzene rings is 1. The maximum atomic E-state index is 5.76. The van der Waals surface area contributed by atoms with Crippen molar-refractivity contribution in [3.8, 4) is 5.75 Å². The Hall–Kier alpha value is -2.60. The minimum absolute atomic E-state index is 0.639. The third-order valence-corrected chi connectivity index (χ3v) is 3.79. The Bertz CT molecular complexity index is 656. The first-order chi connectivity index (χ1) is 12.7. The number of guanidine groups is 1. The first-order valence-electron chi connectivity index (χ1n) is 8.88. The highest BCUT2D eigenvalue weighted by atomic mass is 16.5. The Kier molecular flexibility index (Phi) is 8.42. The number of nitrogens with one attached hydrogen (secondary N) is 2. The molecule has 0 radical (unpaired) electrons. The summed E-state index contributed by atoms with van der Waals surface area (Å²) in [4.78, 5) is 10.7. The number of aromatic nitrogens is 1. The van der Waals surface area contributed by atoms with Crippen molar-refractivity contribution in [2.24, 2.45) is 4.99 Å². The fraction of sp³-hybridized carbons (Fsp3) is 0.400. The maximum Gasteiger partial charge on any atom is 0.191 e. The summed E-state index contributed by atoms with van der Waals surface area (Å²) in [5, 5.41) is 6.56. The molecule has 1 aromatic carbocycles. The molecular weight excluding hydrogens is 326 g/mol. The molecule has 0 bridgehead atoms. The summed E-state index contributed by atoms with van der Waals surface area (Å²) in [6.07, 6.45) is 2.81. The Morgan fingerprint density at radius 1 is 1.08 bits per heavy atom. The fourth-order valence-corrected chi connectivity index (χ4v) is 2.36. The maximum absolute atomic E-state index is 5.76. The highest BCUT2D eigenvalue weighted by molar-refractivity contribution is 5.79. The predicted molar refractivity (Wildman–Crippen MR) is 106 cm³/mol. The van der Waals surface area contributed by atoms with Gasteiger partial charge in [0.05, 0.1) is 18.8 Å². The van der Waals surface area contributed by atoms with Gasteiger partial charge >= 0.3 is 0 Å². The number of hydrogen-bond donors (Lipinski definition) is 2. The van der Waals surface area contributed by atoms with Gasteiger partial charge in [-0.15, -0.1) is 0 Å². The van der Waals surface area contributed by atoms with E-state index in [0.717, 1.165) is 37.0 Å². The Morgan fingerprint density at radius 2 is 1.85 bits per heavy atom. The van der Waals surface area contributed by atoms with Crippen molar-refractivity contribution in [3.05, 3.63) is 59.9 Å². The SMILES string of the molecule is CN=C(NCc1ccc(OCCCN(C)C)cc1)NCc1ccccn1. The first-order valence-corrected chi connectivity index (χ1v) is 8.88. The Balaban J connectivity index is 1.72. The zero-order valence-electron chi connectivity index (χ0n) is 15.9. The number of hydrogen-bond acceptors (Lipinski definition) is 4. The van der Waals surface area contributed by atoms with Gasteiger partial charge in [-0.25, -0.2) is 0 Å². The molecule has 6 heteroatoms. The number of nitrogens with zero attached hydrogens (tertiary/aromatic N) is 3. The molecule has 0 aliphatic heterocycles. The van der Waals surface area contributed by atoms with Crippen molar-refractivity contribution in [2.75, 3.05) is 34.3 Å². The average molecular weight is 355 g/mol. The molecular formula is C20H29N5O. The number of aliphatic imine (C=N–C) groups is 1. The van der Waals surface area contributed by atoms with Gasteiger partial charge in [-0.05, 0) is 50.3 Å². The molecule has 2 N–H and O–H groups in total. The van der Waals surface area contributed by atoms with Crippen LogP contribution in [0.3, 0.4) is 0 Å². The molecule has 0 spiro atoms. The van der Waals surface area contributed by atoms with E-state index in [1.807, 2.05) is 30.3 Å². The highest BCUT2D eigenvalue weighted by Gasteiger charge is 2.01. The summed E-state index contributed by atoms with van der Waals surface area (Å²) in [5.74, 6) is 1.66. The van der Waals surface area contributed by atoms with Crippen molar-refractivity contribution in [1.82, 2.24) is 20.5 Å². The molecule has 2 aromatic rings. The topological polar surface area (TPSA) is 61.8 Å². The van der Waals surface area contributed by atoms with Crippen molar-refractivity contribution in [3.63, 3.8) is 0 Å². The smallest absolute Gasteiger partial charge is 0.191 e. The first kappa shape index (κ1) is 19.7. The lowest BCUT2D eigenvalue weighted by Crippen LogP contribution is -2.36. The summed E-state index contributed by atoms with van der Waals surface area (Å²) < 4.78 is 5.76. The monoisotopic (exact) mass is 355 g/mol. The van der Waals surface area contributed by atoms with E-state index in [1.165, 1.54) is 5.56 Å². The molecule has 6 nitrogen and oxygen atoms in total. The summed E-state index contributed by atoms with van der Waals surface area (Å²) in [6, 6.07) is 14.0. The van der Waals surface area contributed by atoms with Crippen LogP contribution in [0.25, 0.3) is 0 Å². The lowest BCUT2D eigenvalue weighted by atomic mass is 10.2. The standard InChI is InChI=1S/C20H29N5O/c1-21-20(24-16-18-7-4-5-12-22-18)23-15-17-8-10-19(11-9-17)26-14-6-13-25(2)3/h4-5,7-12H,6,13-16H2,1-3H3,(H2,21,23,24). The quantitative estimate of drug-likeness (QED) is 0.410. The van der Waals surface area contributed by atoms with Crippen LogP contribution in [-0.4, -0.2) is 50.1 Å². The van der Waals surface area contributed by atoms with Gasteiger partial charge < -0.3 is 20.3 Å². The molecule has 0 unspecified atom stereocenters. The van der Waals surface area contributed by atoms with Crippen molar-refractivity contribution in [2.45, 2.75) is 19.5 Å². The van der Waals surface area contributed by atoms with E-state index in [2.05, 4.69) is 51.7 Å². The lowest BCUT2D eigenvalue weighted by Gasteiger charge is -2.12. The predicted octanol–water partition coefficient (Wildman–Crippen LogP) is 2.28. The zero-order valence-corrected chi connectivity index (χ0v) is 15.9. The van der Waals surface area contributed by atoms with Crippen LogP contribution in [0.2, 0.25) is 0 Å². The van der Waals surface area contributed by atoms with Crippen LogP contribution in [0.15, 0.2) is 53.7 Å². The normalized spacial score (nSPS) is 11.5. The summed E-state index contributed by atoms with van der Waals surface area (Å²) in [7, 11) is 5.90. The Morgan fingerprint density at radius 3 is 2.50 bits per heavy atom. The number of ether oxygens (including phenoxy) is 1. The van der Waals surface area contributed by atoms with Gasteiger partial charge in [0.1, 0.15) is 5.75 Å². The third-order valence-electron chi connectivity index (χ3n) is 3.79. The molecule has 1 aromatic heterocycles. The molecule has 0 fully saturated rings. The third kappa shape index (κ3) is 7.53. The number of rotatable bonds is 9. The van der Waals surface area contributed by atoms with Crippen molar-refractivity contribution >= 4 is 5.96 Å². The summed E-state index contributed by atoms with van der Waals surface area (Å²) in [5.41, 5.74) is 2.15. The molecule has 140 valence electrons. The molecule has 0 atom stereocenters. The van der Waals surface area contributed by atoms with Crippen LogP contribution < -0.4 is 15.4 Å². The minimum atomic E-state index is 0.639. The van der Waals surface area contributed by atoms with Crippen LogP contribution in [0.1, 0.15) is 17.7 Å². The summed E-state index contributed by atoms with van der Waals surface area (Å²) >= 11 is 0. The largest absolute Gasteiger partial charge is 0.494 e. The minimum Gasteiger partial charge on any atom is -0.494 e. The second kappa shape index (κ2) is 11.1. The highest BCUT2D eigenvalue weighted by Crippen LogP contribution is 2.12. The number of pyridine rings is 1. The molecule has 26 heavy (non-hydrogen) atoms. The van der Waals surface area contributed by atoms with E-state index in [9.17, 15) is 0 Å². The van der Waals surface area contributed by atoms with Crippen LogP contribution in [0.5, 0.6) is 5.75 Å². The van der Waals surface area contributed by atoms with Gasteiger partial charge in [-0.1, -0.05) is 18.2 Å². The van der Waals surface area contributed by atoms with E-state index in [-0.39, 0.29) is 0 Å². The van der Waals surface area contributed by atoms with Gasteiger partial charge in [-0.2, -0.15) is 0 Å². The molecule has 0 saturated heterocycles. The van der Waals surface area contributed by atoms with Gasteiger partial charge in [0.25, 0.3) is 0 Å². The Labute approximate surface area is 156 Å². The van der Waals surface area contributed by atoms with E-state index < -0.39 is 0 Å². The fourth-order valence-electron chi connectivity index (χ4n) is 2.36. The van der Waals surface area contributed by atoms with E-state index in [0.29, 0.717) is 13.1 Å². The summed E-state index contributed by atoms with van der Waals surface area (Å²) in [6.45, 7) is 3.11. The molecule has 0 saturated carbocycles. The zero-order chi connectivity index (χ0) is 18.6. The molecule has 2 rings (SSSR count). The molecule has 1 heterocycles. The van der Waals surface area contributed by atoms with Gasteiger partial charge in [0, 0.05) is 26.3 Å². The van der Waals surface area contributed by atoms with Crippen LogP contribution >= 0.6 is 0 Å². The second-order valence-corrected chi connectivity index (χ2v) is 6.25. The second-order valence-electron chi connectivity index (χ2n) is 6.25. The van der Waals surface area contributed by atoms with E-state index >= 15 is 0 Å². The molecule has 0 aliphatic carbocycles. The van der Waals surface area contributed by atoms with E-state index in [1.54, 1.807) is 13.2 Å². The lowest BCUT2D eigenvalue weighted by molar-refractivity contribution is 0.281.